The summed E-state index contributed by atoms with van der Waals surface area (Å²) in [4.78, 5) is 11.5. The maximum Gasteiger partial charge on any atom is 0.416 e. The predicted molar refractivity (Wildman–Crippen MR) is 68.0 cm³/mol. The zero-order valence-corrected chi connectivity index (χ0v) is 11.5. The van der Waals surface area contributed by atoms with Crippen LogP contribution in [0.1, 0.15) is 30.9 Å². The third kappa shape index (κ3) is 5.55. The Bertz CT molecular complexity index is 504. The van der Waals surface area contributed by atoms with E-state index in [1.807, 2.05) is 5.32 Å². The first-order valence-electron chi connectivity index (χ1n) is 6.24. The van der Waals surface area contributed by atoms with Crippen molar-refractivity contribution in [1.82, 2.24) is 0 Å². The molecule has 0 radical (unpaired) electrons. The molecule has 3 nitrogen and oxygen atoms in total. The molecule has 22 heavy (non-hydrogen) atoms. The quantitative estimate of drug-likeness (QED) is 0.826. The Morgan fingerprint density at radius 2 is 1.55 bits per heavy atom. The van der Waals surface area contributed by atoms with Gasteiger partial charge in [0.25, 0.3) is 0 Å². The second kappa shape index (κ2) is 6.55. The van der Waals surface area contributed by atoms with Gasteiger partial charge in [-0.15, -0.1) is 0 Å². The van der Waals surface area contributed by atoms with Gasteiger partial charge >= 0.3 is 12.4 Å². The van der Waals surface area contributed by atoms with Crippen molar-refractivity contribution in [3.63, 3.8) is 0 Å². The molecule has 0 saturated carbocycles. The van der Waals surface area contributed by atoms with Crippen LogP contribution in [0.3, 0.4) is 0 Å². The summed E-state index contributed by atoms with van der Waals surface area (Å²) >= 11 is 0. The molecule has 0 aliphatic heterocycles. The average Bonchev–Trinajstić information content (AvgIpc) is 2.34. The summed E-state index contributed by atoms with van der Waals surface area (Å²) in [5.41, 5.74) is 1.90. The second-order valence-electron chi connectivity index (χ2n) is 4.86. The van der Waals surface area contributed by atoms with Crippen LogP contribution < -0.4 is 11.1 Å². The Morgan fingerprint density at radius 3 is 1.91 bits per heavy atom. The van der Waals surface area contributed by atoms with E-state index in [0.29, 0.717) is 12.1 Å². The fourth-order valence-corrected chi connectivity index (χ4v) is 1.61. The van der Waals surface area contributed by atoms with E-state index in [4.69, 9.17) is 5.73 Å². The van der Waals surface area contributed by atoms with Crippen LogP contribution in [-0.2, 0) is 17.1 Å². The Labute approximate surface area is 122 Å². The lowest BCUT2D eigenvalue weighted by molar-refractivity contribution is -0.143. The molecule has 0 saturated heterocycles. The van der Waals surface area contributed by atoms with Crippen LogP contribution in [0.4, 0.5) is 32.0 Å². The maximum absolute atomic E-state index is 12.6. The smallest absolute Gasteiger partial charge is 0.328 e. The van der Waals surface area contributed by atoms with Gasteiger partial charge in [-0.25, -0.2) is 0 Å². The fourth-order valence-electron chi connectivity index (χ4n) is 1.61. The molecule has 3 N–H and O–H groups in total. The number of carbonyl (C=O) groups is 1. The summed E-state index contributed by atoms with van der Waals surface area (Å²) in [6.45, 7) is 1.62. The average molecular weight is 328 g/mol. The van der Waals surface area contributed by atoms with Crippen LogP contribution >= 0.6 is 0 Å². The van der Waals surface area contributed by atoms with Gasteiger partial charge in [0.15, 0.2) is 0 Å². The minimum Gasteiger partial charge on any atom is -0.328 e. The van der Waals surface area contributed by atoms with E-state index >= 15 is 0 Å². The molecular weight excluding hydrogens is 314 g/mol. The van der Waals surface area contributed by atoms with E-state index in [1.54, 1.807) is 6.92 Å². The minimum absolute atomic E-state index is 0.00237. The van der Waals surface area contributed by atoms with Gasteiger partial charge in [0, 0.05) is 18.2 Å². The molecule has 0 spiro atoms. The summed E-state index contributed by atoms with van der Waals surface area (Å²) in [6, 6.07) is 0.605. The molecule has 0 heterocycles. The van der Waals surface area contributed by atoms with Crippen LogP contribution in [0.15, 0.2) is 18.2 Å². The van der Waals surface area contributed by atoms with Crippen LogP contribution in [-0.4, -0.2) is 11.9 Å². The number of alkyl halides is 6. The molecule has 124 valence electrons. The Kier molecular flexibility index (Phi) is 5.44. The van der Waals surface area contributed by atoms with Crippen molar-refractivity contribution in [2.75, 3.05) is 5.32 Å². The number of rotatable bonds is 4. The van der Waals surface area contributed by atoms with Gasteiger partial charge in [-0.3, -0.25) is 4.79 Å². The largest absolute Gasteiger partial charge is 0.416 e. The Morgan fingerprint density at radius 1 is 1.09 bits per heavy atom. The SMILES string of the molecule is CC(N)CCC(=O)Nc1cc(C(F)(F)F)cc(C(F)(F)F)c1. The van der Waals surface area contributed by atoms with Gasteiger partial charge in [-0.1, -0.05) is 0 Å². The van der Waals surface area contributed by atoms with Gasteiger partial charge < -0.3 is 11.1 Å². The van der Waals surface area contributed by atoms with Gasteiger partial charge in [0.1, 0.15) is 0 Å². The Hall–Kier alpha value is -1.77. The highest BCUT2D eigenvalue weighted by Gasteiger charge is 2.37. The van der Waals surface area contributed by atoms with Gasteiger partial charge in [-0.2, -0.15) is 26.3 Å². The molecule has 0 aliphatic carbocycles. The van der Waals surface area contributed by atoms with Gasteiger partial charge in [-0.05, 0) is 31.5 Å². The molecule has 1 atom stereocenters. The van der Waals surface area contributed by atoms with Crippen LogP contribution in [0.2, 0.25) is 0 Å². The zero-order chi connectivity index (χ0) is 17.1. The third-order valence-electron chi connectivity index (χ3n) is 2.70. The van der Waals surface area contributed by atoms with Crippen molar-refractivity contribution in [3.05, 3.63) is 29.3 Å². The minimum atomic E-state index is -4.95. The highest BCUT2D eigenvalue weighted by atomic mass is 19.4. The van der Waals surface area contributed by atoms with Crippen molar-refractivity contribution in [2.24, 2.45) is 5.73 Å². The highest BCUT2D eigenvalue weighted by molar-refractivity contribution is 5.90. The van der Waals surface area contributed by atoms with Crippen LogP contribution in [0.5, 0.6) is 0 Å². The number of hydrogen-bond donors (Lipinski definition) is 2. The van der Waals surface area contributed by atoms with E-state index in [2.05, 4.69) is 0 Å². The lowest BCUT2D eigenvalue weighted by atomic mass is 10.1. The molecule has 1 unspecified atom stereocenters. The normalized spacial score (nSPS) is 13.8. The Balaban J connectivity index is 3.06. The fraction of sp³-hybridized carbons (Fsp3) is 0.462. The van der Waals surface area contributed by atoms with E-state index in [1.165, 1.54) is 0 Å². The number of hydrogen-bond acceptors (Lipinski definition) is 2. The summed E-state index contributed by atoms with van der Waals surface area (Å²) < 4.78 is 75.8. The number of benzene rings is 1. The van der Waals surface area contributed by atoms with Crippen LogP contribution in [0.25, 0.3) is 0 Å². The van der Waals surface area contributed by atoms with E-state index < -0.39 is 35.1 Å². The number of anilines is 1. The molecule has 0 bridgehead atoms. The standard InChI is InChI=1S/C13H14F6N2O/c1-7(20)2-3-11(22)21-10-5-8(12(14,15)16)4-9(6-10)13(17,18)19/h4-7H,2-3,20H2,1H3,(H,21,22). The number of amides is 1. The van der Waals surface area contributed by atoms with Crippen LogP contribution in [0, 0.1) is 0 Å². The summed E-state index contributed by atoms with van der Waals surface area (Å²) in [5.74, 6) is -0.704. The lowest BCUT2D eigenvalue weighted by Crippen LogP contribution is -2.20. The van der Waals surface area contributed by atoms with Crippen molar-refractivity contribution >= 4 is 11.6 Å². The van der Waals surface area contributed by atoms with Crippen molar-refractivity contribution < 1.29 is 31.1 Å². The molecule has 0 aliphatic rings. The summed E-state index contributed by atoms with van der Waals surface area (Å²) in [6.07, 6.45) is -9.74. The third-order valence-corrected chi connectivity index (χ3v) is 2.70. The first-order chi connectivity index (χ1) is 9.89. The maximum atomic E-state index is 12.6. The topological polar surface area (TPSA) is 55.1 Å². The van der Waals surface area contributed by atoms with Gasteiger partial charge in [0.05, 0.1) is 11.1 Å². The van der Waals surface area contributed by atoms with E-state index in [9.17, 15) is 31.1 Å². The molecule has 9 heteroatoms. The highest BCUT2D eigenvalue weighted by Crippen LogP contribution is 2.37. The molecule has 1 amide bonds. The van der Waals surface area contributed by atoms with E-state index in [0.717, 1.165) is 0 Å². The first-order valence-corrected chi connectivity index (χ1v) is 6.24. The van der Waals surface area contributed by atoms with Crippen molar-refractivity contribution in [2.45, 2.75) is 38.2 Å². The first kappa shape index (κ1) is 18.3. The van der Waals surface area contributed by atoms with Gasteiger partial charge in [0.2, 0.25) is 5.91 Å². The van der Waals surface area contributed by atoms with Crippen molar-refractivity contribution in [1.29, 1.82) is 0 Å². The molecular formula is C13H14F6N2O. The number of halogens is 6. The molecule has 1 aromatic rings. The van der Waals surface area contributed by atoms with E-state index in [-0.39, 0.29) is 24.9 Å². The predicted octanol–water partition coefficient (Wildman–Crippen LogP) is 3.79. The lowest BCUT2D eigenvalue weighted by Gasteiger charge is -2.15. The number of nitrogens with one attached hydrogen (secondary N) is 1. The number of nitrogens with two attached hydrogens (primary N) is 1. The second-order valence-corrected chi connectivity index (χ2v) is 4.86. The molecule has 1 rings (SSSR count). The summed E-state index contributed by atoms with van der Waals surface area (Å²) in [7, 11) is 0. The number of carbonyl (C=O) groups excluding carboxylic acids is 1. The summed E-state index contributed by atoms with van der Waals surface area (Å²) in [5, 5.41) is 2.03. The monoisotopic (exact) mass is 328 g/mol. The molecule has 0 aromatic heterocycles. The molecule has 0 fully saturated rings. The molecule has 1 aromatic carbocycles. The zero-order valence-electron chi connectivity index (χ0n) is 11.5. The van der Waals surface area contributed by atoms with Crippen molar-refractivity contribution in [3.8, 4) is 0 Å².